The molecule has 0 aliphatic heterocycles. The average Bonchev–Trinajstić information content (AvgIpc) is 2.23. The first kappa shape index (κ1) is 13.9. The van der Waals surface area contributed by atoms with E-state index in [1.54, 1.807) is 6.92 Å². The van der Waals surface area contributed by atoms with Crippen LogP contribution in [-0.4, -0.2) is 25.2 Å². The van der Waals surface area contributed by atoms with Gasteiger partial charge in [-0.1, -0.05) is 6.92 Å². The average molecular weight is 212 g/mol. The molecule has 0 saturated carbocycles. The summed E-state index contributed by atoms with van der Waals surface area (Å²) in [6, 6.07) is 2.38. The fourth-order valence-corrected chi connectivity index (χ4v) is 1.24. The number of ether oxygens (including phenoxy) is 1. The maximum Gasteiger partial charge on any atom is 0.305 e. The molecule has 0 aliphatic rings. The van der Waals surface area contributed by atoms with Gasteiger partial charge >= 0.3 is 5.97 Å². The van der Waals surface area contributed by atoms with Gasteiger partial charge in [-0.05, 0) is 26.3 Å². The van der Waals surface area contributed by atoms with E-state index in [1.165, 1.54) is 0 Å². The van der Waals surface area contributed by atoms with E-state index in [-0.39, 0.29) is 12.0 Å². The van der Waals surface area contributed by atoms with Crippen LogP contribution in [0.2, 0.25) is 0 Å². The molecule has 0 aromatic heterocycles. The second-order valence-electron chi connectivity index (χ2n) is 3.33. The van der Waals surface area contributed by atoms with Gasteiger partial charge in [-0.3, -0.25) is 4.79 Å². The molecule has 0 rings (SSSR count). The van der Waals surface area contributed by atoms with E-state index in [0.717, 1.165) is 19.4 Å². The number of rotatable bonds is 8. The van der Waals surface area contributed by atoms with Gasteiger partial charge < -0.3 is 10.1 Å². The number of carbonyl (C=O) groups excluding carboxylic acids is 1. The largest absolute Gasteiger partial charge is 0.466 e. The van der Waals surface area contributed by atoms with E-state index in [0.29, 0.717) is 19.4 Å². The fraction of sp³-hybridized carbons (Fsp3) is 0.818. The molecular weight excluding hydrogens is 192 g/mol. The van der Waals surface area contributed by atoms with Crippen molar-refractivity contribution < 1.29 is 9.53 Å². The predicted molar refractivity (Wildman–Crippen MR) is 58.2 cm³/mol. The number of carbonyl (C=O) groups is 1. The first-order valence-corrected chi connectivity index (χ1v) is 5.50. The van der Waals surface area contributed by atoms with Crippen LogP contribution in [-0.2, 0) is 9.53 Å². The molecule has 15 heavy (non-hydrogen) atoms. The number of esters is 1. The Hall–Kier alpha value is -1.08. The molecule has 0 aromatic rings. The molecule has 1 unspecified atom stereocenters. The van der Waals surface area contributed by atoms with E-state index in [2.05, 4.69) is 11.4 Å². The highest BCUT2D eigenvalue weighted by Gasteiger charge is 2.05. The summed E-state index contributed by atoms with van der Waals surface area (Å²) in [7, 11) is 0. The lowest BCUT2D eigenvalue weighted by molar-refractivity contribution is -0.143. The summed E-state index contributed by atoms with van der Waals surface area (Å²) in [5.74, 6) is -0.146. The fourth-order valence-electron chi connectivity index (χ4n) is 1.24. The van der Waals surface area contributed by atoms with Crippen LogP contribution < -0.4 is 5.32 Å². The van der Waals surface area contributed by atoms with E-state index in [4.69, 9.17) is 10.00 Å². The third kappa shape index (κ3) is 7.95. The normalized spacial score (nSPS) is 11.8. The number of hydrogen-bond donors (Lipinski definition) is 1. The van der Waals surface area contributed by atoms with Gasteiger partial charge in [0.2, 0.25) is 0 Å². The lowest BCUT2D eigenvalue weighted by Gasteiger charge is -2.12. The summed E-state index contributed by atoms with van der Waals surface area (Å²) in [5.41, 5.74) is 0. The predicted octanol–water partition coefficient (Wildman–Crippen LogP) is 1.61. The SMILES string of the molecule is CCOC(=O)CCCNC(CC)CC#N. The Morgan fingerprint density at radius 3 is 2.80 bits per heavy atom. The maximum absolute atomic E-state index is 11.0. The third-order valence-electron chi connectivity index (χ3n) is 2.13. The van der Waals surface area contributed by atoms with Crippen molar-refractivity contribution in [1.82, 2.24) is 5.32 Å². The molecule has 1 N–H and O–H groups in total. The van der Waals surface area contributed by atoms with Crippen molar-refractivity contribution in [3.63, 3.8) is 0 Å². The van der Waals surface area contributed by atoms with Gasteiger partial charge in [-0.2, -0.15) is 5.26 Å². The molecule has 0 heterocycles. The number of nitriles is 1. The maximum atomic E-state index is 11.0. The van der Waals surface area contributed by atoms with E-state index < -0.39 is 0 Å². The Bertz CT molecular complexity index is 211. The van der Waals surface area contributed by atoms with E-state index in [9.17, 15) is 4.79 Å². The van der Waals surface area contributed by atoms with Crippen LogP contribution in [0.1, 0.15) is 39.5 Å². The molecule has 1 atom stereocenters. The summed E-state index contributed by atoms with van der Waals surface area (Å²) in [6.45, 7) is 5.05. The lowest BCUT2D eigenvalue weighted by Crippen LogP contribution is -2.29. The van der Waals surface area contributed by atoms with Crippen LogP contribution >= 0.6 is 0 Å². The monoisotopic (exact) mass is 212 g/mol. The van der Waals surface area contributed by atoms with Gasteiger partial charge in [0.25, 0.3) is 0 Å². The molecule has 0 fully saturated rings. The van der Waals surface area contributed by atoms with Crippen LogP contribution in [0.5, 0.6) is 0 Å². The third-order valence-corrected chi connectivity index (χ3v) is 2.13. The molecule has 0 aliphatic carbocycles. The quantitative estimate of drug-likeness (QED) is 0.490. The summed E-state index contributed by atoms with van der Waals surface area (Å²) < 4.78 is 4.80. The summed E-state index contributed by atoms with van der Waals surface area (Å²) in [4.78, 5) is 11.0. The Kier molecular flexibility index (Phi) is 8.79. The second-order valence-corrected chi connectivity index (χ2v) is 3.33. The minimum absolute atomic E-state index is 0.146. The van der Waals surface area contributed by atoms with E-state index >= 15 is 0 Å². The second kappa shape index (κ2) is 9.47. The van der Waals surface area contributed by atoms with Gasteiger partial charge in [0, 0.05) is 12.5 Å². The molecule has 0 saturated heterocycles. The van der Waals surface area contributed by atoms with Gasteiger partial charge in [0.15, 0.2) is 0 Å². The smallest absolute Gasteiger partial charge is 0.305 e. The van der Waals surface area contributed by atoms with Crippen molar-refractivity contribution in [3.05, 3.63) is 0 Å². The van der Waals surface area contributed by atoms with Crippen LogP contribution in [0.15, 0.2) is 0 Å². The summed E-state index contributed by atoms with van der Waals surface area (Å²) in [6.07, 6.45) is 2.67. The molecule has 4 heteroatoms. The molecule has 0 spiro atoms. The topological polar surface area (TPSA) is 62.1 Å². The zero-order valence-corrected chi connectivity index (χ0v) is 9.58. The molecule has 86 valence electrons. The molecule has 0 aromatic carbocycles. The van der Waals surface area contributed by atoms with Gasteiger partial charge in [-0.25, -0.2) is 0 Å². The van der Waals surface area contributed by atoms with Gasteiger partial charge in [-0.15, -0.1) is 0 Å². The summed E-state index contributed by atoms with van der Waals surface area (Å²) >= 11 is 0. The van der Waals surface area contributed by atoms with Crippen LogP contribution in [0, 0.1) is 11.3 Å². The highest BCUT2D eigenvalue weighted by Crippen LogP contribution is 1.97. The molecule has 4 nitrogen and oxygen atoms in total. The van der Waals surface area contributed by atoms with Crippen LogP contribution in [0.3, 0.4) is 0 Å². The zero-order valence-electron chi connectivity index (χ0n) is 9.58. The highest BCUT2D eigenvalue weighted by molar-refractivity contribution is 5.69. The number of hydrogen-bond acceptors (Lipinski definition) is 4. The zero-order chi connectivity index (χ0) is 11.5. The van der Waals surface area contributed by atoms with Crippen LogP contribution in [0.4, 0.5) is 0 Å². The minimum atomic E-state index is -0.146. The highest BCUT2D eigenvalue weighted by atomic mass is 16.5. The van der Waals surface area contributed by atoms with Crippen molar-refractivity contribution >= 4 is 5.97 Å². The van der Waals surface area contributed by atoms with Crippen molar-refractivity contribution in [2.75, 3.05) is 13.2 Å². The van der Waals surface area contributed by atoms with E-state index in [1.807, 2.05) is 6.92 Å². The standard InChI is InChI=1S/C11H20N2O2/c1-3-10(7-8-12)13-9-5-6-11(14)15-4-2/h10,13H,3-7,9H2,1-2H3. The first-order chi connectivity index (χ1) is 7.24. The molecule has 0 bridgehead atoms. The van der Waals surface area contributed by atoms with Gasteiger partial charge in [0.05, 0.1) is 19.1 Å². The molecule has 0 amide bonds. The first-order valence-electron chi connectivity index (χ1n) is 5.50. The number of nitrogens with one attached hydrogen (secondary N) is 1. The van der Waals surface area contributed by atoms with Crippen molar-refractivity contribution in [2.45, 2.75) is 45.6 Å². The van der Waals surface area contributed by atoms with Crippen molar-refractivity contribution in [1.29, 1.82) is 5.26 Å². The Morgan fingerprint density at radius 2 is 2.27 bits per heavy atom. The lowest BCUT2D eigenvalue weighted by atomic mass is 10.1. The molecular formula is C11H20N2O2. The Morgan fingerprint density at radius 1 is 1.53 bits per heavy atom. The van der Waals surface area contributed by atoms with Crippen molar-refractivity contribution in [2.24, 2.45) is 0 Å². The Balaban J connectivity index is 3.44. The minimum Gasteiger partial charge on any atom is -0.466 e. The summed E-state index contributed by atoms with van der Waals surface area (Å²) in [5, 5.41) is 11.8. The molecule has 0 radical (unpaired) electrons. The number of nitrogens with zero attached hydrogens (tertiary/aromatic N) is 1. The van der Waals surface area contributed by atoms with Gasteiger partial charge in [0.1, 0.15) is 0 Å². The van der Waals surface area contributed by atoms with Crippen LogP contribution in [0.25, 0.3) is 0 Å². The van der Waals surface area contributed by atoms with Crippen molar-refractivity contribution in [3.8, 4) is 6.07 Å². The Labute approximate surface area is 91.6 Å².